The molecule has 4 N–H and O–H groups in total. The Morgan fingerprint density at radius 2 is 2.47 bits per heavy atom. The van der Waals surface area contributed by atoms with Crippen LogP contribution < -0.4 is 16.5 Å². The molecule has 0 aromatic carbocycles. The Labute approximate surface area is 85.8 Å². The molecule has 0 radical (unpaired) electrons. The fraction of sp³-hybridized carbons (Fsp3) is 0.286. The molecule has 0 aromatic rings. The molecule has 0 aliphatic carbocycles. The number of hydroxylamine groups is 1. The van der Waals surface area contributed by atoms with Crippen LogP contribution in [-0.2, 0) is 4.79 Å². The van der Waals surface area contributed by atoms with Crippen molar-refractivity contribution in [2.45, 2.75) is 13.8 Å². The molecular formula is C7H10N6O2. The number of nitrogens with zero attached hydrogens (tertiary/aromatic N) is 3. The molecule has 1 rings (SSSR count). The summed E-state index contributed by atoms with van der Waals surface area (Å²) in [5, 5.41) is 13.9. The van der Waals surface area contributed by atoms with Crippen LogP contribution in [0.5, 0.6) is 0 Å². The molecule has 0 atom stereocenters. The third kappa shape index (κ3) is 2.58. The minimum absolute atomic E-state index is 0.0370. The third-order valence-corrected chi connectivity index (χ3v) is 1.37. The summed E-state index contributed by atoms with van der Waals surface area (Å²) in [5.41, 5.74) is 7.68. The number of hydrogen-bond acceptors (Lipinski definition) is 6. The summed E-state index contributed by atoms with van der Waals surface area (Å²) >= 11 is 0. The quantitative estimate of drug-likeness (QED) is 0.486. The average Bonchev–Trinajstić information content (AvgIpc) is 2.10. The summed E-state index contributed by atoms with van der Waals surface area (Å²) in [6.45, 7) is 2.80. The van der Waals surface area contributed by atoms with E-state index < -0.39 is 0 Å². The molecule has 8 heteroatoms. The fourth-order valence-electron chi connectivity index (χ4n) is 0.880. The second-order valence-electron chi connectivity index (χ2n) is 2.59. The largest absolute Gasteiger partial charge is 0.628 e. The van der Waals surface area contributed by atoms with E-state index in [-0.39, 0.29) is 23.5 Å². The number of aliphatic imine (C=N–C) groups is 1. The lowest BCUT2D eigenvalue weighted by molar-refractivity contribution is -0.117. The first kappa shape index (κ1) is 10.8. The monoisotopic (exact) mass is 210 g/mol. The van der Waals surface area contributed by atoms with E-state index in [1.54, 1.807) is 0 Å². The van der Waals surface area contributed by atoms with Gasteiger partial charge in [-0.2, -0.15) is 20.4 Å². The van der Waals surface area contributed by atoms with Crippen molar-refractivity contribution < 1.29 is 4.79 Å². The number of nitrogens with one attached hydrogen (secondary N) is 2. The van der Waals surface area contributed by atoms with Crippen LogP contribution in [-0.4, -0.2) is 17.0 Å². The zero-order valence-electron chi connectivity index (χ0n) is 8.24. The zero-order valence-corrected chi connectivity index (χ0v) is 8.24. The first-order chi connectivity index (χ1) is 7.04. The normalized spacial score (nSPS) is 14.9. The van der Waals surface area contributed by atoms with E-state index in [9.17, 15) is 10.0 Å². The number of guanidine groups is 1. The van der Waals surface area contributed by atoms with Gasteiger partial charge in [0, 0.05) is 13.8 Å². The van der Waals surface area contributed by atoms with Gasteiger partial charge in [-0.05, 0) is 0 Å². The van der Waals surface area contributed by atoms with Gasteiger partial charge < -0.3 is 10.9 Å². The highest BCUT2D eigenvalue weighted by Crippen LogP contribution is 2.10. The summed E-state index contributed by atoms with van der Waals surface area (Å²) in [6.07, 6.45) is 0. The highest BCUT2D eigenvalue weighted by Gasteiger charge is 2.23. The number of carbonyl (C=O) groups excluding carboxylic acids is 1. The Bertz CT molecular complexity index is 401. The molecule has 0 saturated carbocycles. The van der Waals surface area contributed by atoms with Gasteiger partial charge in [0.05, 0.1) is 0 Å². The lowest BCUT2D eigenvalue weighted by Gasteiger charge is -2.23. The first-order valence-corrected chi connectivity index (χ1v) is 4.02. The van der Waals surface area contributed by atoms with Crippen LogP contribution in [0, 0.1) is 11.3 Å². The number of amides is 1. The van der Waals surface area contributed by atoms with Gasteiger partial charge in [0.1, 0.15) is 0 Å². The molecule has 0 aromatic heterocycles. The van der Waals surface area contributed by atoms with Crippen molar-refractivity contribution >= 4 is 11.9 Å². The molecular weight excluding hydrogens is 200 g/mol. The van der Waals surface area contributed by atoms with E-state index in [4.69, 9.17) is 5.73 Å². The van der Waals surface area contributed by atoms with Crippen molar-refractivity contribution in [3.05, 3.63) is 21.7 Å². The molecule has 1 aliphatic heterocycles. The first-order valence-electron chi connectivity index (χ1n) is 4.02. The minimum Gasteiger partial charge on any atom is -0.628 e. The Kier molecular flexibility index (Phi) is 3.10. The van der Waals surface area contributed by atoms with Crippen molar-refractivity contribution in [3.8, 4) is 6.07 Å². The maximum Gasteiger partial charge on any atom is 0.442 e. The van der Waals surface area contributed by atoms with Gasteiger partial charge in [-0.1, -0.05) is 0 Å². The summed E-state index contributed by atoms with van der Waals surface area (Å²) in [5.74, 6) is -0.602. The van der Waals surface area contributed by atoms with Crippen molar-refractivity contribution in [1.29, 1.82) is 0 Å². The van der Waals surface area contributed by atoms with Gasteiger partial charge in [0.25, 0.3) is 0 Å². The van der Waals surface area contributed by atoms with Crippen LogP contribution in [0.15, 0.2) is 16.6 Å². The molecule has 0 spiro atoms. The summed E-state index contributed by atoms with van der Waals surface area (Å²) in [4.78, 5) is 18.0. The Morgan fingerprint density at radius 1 is 1.80 bits per heavy atom. The summed E-state index contributed by atoms with van der Waals surface area (Å²) in [6, 6.07) is 2.40. The van der Waals surface area contributed by atoms with Crippen LogP contribution in [0.2, 0.25) is 0 Å². The second kappa shape index (κ2) is 4.30. The number of carbonyl (C=O) groups is 1. The molecule has 0 unspecified atom stereocenters. The third-order valence-electron chi connectivity index (χ3n) is 1.37. The Hall–Kier alpha value is -2.27. The SMILES string of the molecule is CC#[N+]C1=C(N)N=C(NC(C)=O)NN1[O-]. The number of hydrogen-bond donors (Lipinski definition) is 3. The van der Waals surface area contributed by atoms with Crippen molar-refractivity contribution in [1.82, 2.24) is 15.9 Å². The predicted octanol–water partition coefficient (Wildman–Crippen LogP) is -0.765. The molecule has 0 fully saturated rings. The van der Waals surface area contributed by atoms with E-state index >= 15 is 0 Å². The van der Waals surface area contributed by atoms with E-state index in [0.29, 0.717) is 5.17 Å². The fourth-order valence-corrected chi connectivity index (χ4v) is 0.880. The predicted molar refractivity (Wildman–Crippen MR) is 53.7 cm³/mol. The Balaban J connectivity index is 2.95. The molecule has 80 valence electrons. The Morgan fingerprint density at radius 3 is 2.93 bits per heavy atom. The van der Waals surface area contributed by atoms with E-state index in [1.807, 2.05) is 0 Å². The van der Waals surface area contributed by atoms with Gasteiger partial charge in [-0.3, -0.25) is 10.1 Å². The van der Waals surface area contributed by atoms with Crippen molar-refractivity contribution in [2.24, 2.45) is 10.7 Å². The van der Waals surface area contributed by atoms with Crippen LogP contribution in [0.3, 0.4) is 0 Å². The molecule has 1 amide bonds. The maximum atomic E-state index is 11.3. The second-order valence-corrected chi connectivity index (χ2v) is 2.59. The highest BCUT2D eigenvalue weighted by molar-refractivity contribution is 5.96. The van der Waals surface area contributed by atoms with Crippen molar-refractivity contribution in [3.63, 3.8) is 0 Å². The lowest BCUT2D eigenvalue weighted by atomic mass is 10.6. The molecule has 8 nitrogen and oxygen atoms in total. The topological polar surface area (TPSA) is 110 Å². The van der Waals surface area contributed by atoms with Gasteiger partial charge in [-0.25, -0.2) is 0 Å². The molecule has 0 saturated heterocycles. The van der Waals surface area contributed by atoms with Crippen LogP contribution in [0.25, 0.3) is 4.85 Å². The summed E-state index contributed by atoms with van der Waals surface area (Å²) in [7, 11) is 0. The summed E-state index contributed by atoms with van der Waals surface area (Å²) < 4.78 is 0. The number of rotatable bonds is 0. The van der Waals surface area contributed by atoms with Gasteiger partial charge in [0.2, 0.25) is 17.7 Å². The maximum absolute atomic E-state index is 11.3. The van der Waals surface area contributed by atoms with Crippen LogP contribution in [0.4, 0.5) is 0 Å². The smallest absolute Gasteiger partial charge is 0.442 e. The van der Waals surface area contributed by atoms with E-state index in [0.717, 1.165) is 0 Å². The van der Waals surface area contributed by atoms with Crippen molar-refractivity contribution in [2.75, 3.05) is 0 Å². The molecule has 15 heavy (non-hydrogen) atoms. The van der Waals surface area contributed by atoms with Crippen LogP contribution in [0.1, 0.15) is 13.8 Å². The van der Waals surface area contributed by atoms with Crippen LogP contribution >= 0.6 is 0 Å². The van der Waals surface area contributed by atoms with E-state index in [2.05, 4.69) is 26.6 Å². The number of nitrogens with two attached hydrogens (primary N) is 1. The lowest BCUT2D eigenvalue weighted by Crippen LogP contribution is -2.49. The zero-order chi connectivity index (χ0) is 11.4. The highest BCUT2D eigenvalue weighted by atomic mass is 16.5. The number of hydrazine groups is 1. The minimum atomic E-state index is -0.364. The molecule has 1 aliphatic rings. The van der Waals surface area contributed by atoms with Gasteiger partial charge in [0.15, 0.2) is 6.07 Å². The standard InChI is InChI=1S/C7H10N6O2/c1-3-9-6-5(8)11-7(10-4(2)14)12-13(6)15/h8H2,1-2H3,(H2,10,11,12,14). The molecule has 0 bridgehead atoms. The molecule has 1 heterocycles. The van der Waals surface area contributed by atoms with Gasteiger partial charge in [-0.15, -0.1) is 0 Å². The van der Waals surface area contributed by atoms with Gasteiger partial charge >= 0.3 is 5.82 Å². The van der Waals surface area contributed by atoms with E-state index in [1.165, 1.54) is 13.8 Å². The average molecular weight is 210 g/mol.